The summed E-state index contributed by atoms with van der Waals surface area (Å²) in [5.41, 5.74) is 7.86. The fourth-order valence-corrected chi connectivity index (χ4v) is 2.66. The molecular weight excluding hydrogens is 340 g/mol. The van der Waals surface area contributed by atoms with Crippen LogP contribution in [0.15, 0.2) is 24.3 Å². The molecule has 2 aromatic heterocycles. The molecule has 1 amide bonds. The van der Waals surface area contributed by atoms with E-state index >= 15 is 0 Å². The fourth-order valence-electron chi connectivity index (χ4n) is 2.66. The zero-order valence-electron chi connectivity index (χ0n) is 16.6. The highest BCUT2D eigenvalue weighted by Crippen LogP contribution is 2.29. The lowest BCUT2D eigenvalue weighted by Crippen LogP contribution is -2.22. The predicted molar refractivity (Wildman–Crippen MR) is 107 cm³/mol. The Morgan fingerprint density at radius 3 is 2.33 bits per heavy atom. The van der Waals surface area contributed by atoms with Crippen molar-refractivity contribution in [1.82, 2.24) is 20.2 Å². The van der Waals surface area contributed by atoms with E-state index in [4.69, 9.17) is 15.7 Å². The van der Waals surface area contributed by atoms with Crippen molar-refractivity contribution >= 4 is 28.3 Å². The minimum absolute atomic E-state index is 0.104. The van der Waals surface area contributed by atoms with Gasteiger partial charge in [-0.15, -0.1) is 0 Å². The number of benzene rings is 1. The molecule has 142 valence electrons. The van der Waals surface area contributed by atoms with Crippen molar-refractivity contribution in [3.63, 3.8) is 0 Å². The predicted octanol–water partition coefficient (Wildman–Crippen LogP) is 3.79. The summed E-state index contributed by atoms with van der Waals surface area (Å²) in [5, 5.41) is 10.8. The first-order valence-electron chi connectivity index (χ1n) is 8.90. The standard InChI is InChI=1S/C20H26N6O/c1-19(2,3)14-10-15(24-18(23-14)20(4,5)6)22-11-7-8-13-12(9-11)16(17(21)27)26-25-13/h7-10H,1-6H3,(H2,21,27)(H,25,26)(H,22,23,24). The minimum Gasteiger partial charge on any atom is -0.364 e. The van der Waals surface area contributed by atoms with Gasteiger partial charge in [0, 0.05) is 28.0 Å². The largest absolute Gasteiger partial charge is 0.364 e. The first-order chi connectivity index (χ1) is 12.4. The van der Waals surface area contributed by atoms with Gasteiger partial charge in [0.2, 0.25) is 0 Å². The van der Waals surface area contributed by atoms with Crippen LogP contribution in [-0.4, -0.2) is 26.1 Å². The number of nitrogens with zero attached hydrogens (tertiary/aromatic N) is 3. The lowest BCUT2D eigenvalue weighted by atomic mass is 9.90. The Labute approximate surface area is 158 Å². The molecule has 0 saturated carbocycles. The third-order valence-corrected chi connectivity index (χ3v) is 4.23. The van der Waals surface area contributed by atoms with E-state index < -0.39 is 5.91 Å². The van der Waals surface area contributed by atoms with Gasteiger partial charge >= 0.3 is 0 Å². The Hall–Kier alpha value is -2.96. The zero-order valence-corrected chi connectivity index (χ0v) is 16.6. The lowest BCUT2D eigenvalue weighted by Gasteiger charge is -2.24. The zero-order chi connectivity index (χ0) is 20.0. The number of primary amides is 1. The Balaban J connectivity index is 2.05. The van der Waals surface area contributed by atoms with E-state index in [1.807, 2.05) is 24.3 Å². The number of hydrogen-bond acceptors (Lipinski definition) is 5. The number of fused-ring (bicyclic) bond motifs is 1. The molecule has 0 aliphatic carbocycles. The van der Waals surface area contributed by atoms with Gasteiger partial charge in [-0.3, -0.25) is 9.89 Å². The van der Waals surface area contributed by atoms with Gasteiger partial charge in [-0.25, -0.2) is 9.97 Å². The highest BCUT2D eigenvalue weighted by molar-refractivity contribution is 6.04. The monoisotopic (exact) mass is 366 g/mol. The van der Waals surface area contributed by atoms with E-state index in [0.29, 0.717) is 11.2 Å². The third-order valence-electron chi connectivity index (χ3n) is 4.23. The van der Waals surface area contributed by atoms with Crippen LogP contribution in [0.4, 0.5) is 11.5 Å². The van der Waals surface area contributed by atoms with Crippen molar-refractivity contribution < 1.29 is 4.79 Å². The Morgan fingerprint density at radius 1 is 1.04 bits per heavy atom. The van der Waals surface area contributed by atoms with Crippen molar-refractivity contribution in [1.29, 1.82) is 0 Å². The van der Waals surface area contributed by atoms with E-state index in [2.05, 4.69) is 57.1 Å². The highest BCUT2D eigenvalue weighted by Gasteiger charge is 2.23. The van der Waals surface area contributed by atoms with Crippen LogP contribution in [0.5, 0.6) is 0 Å². The maximum Gasteiger partial charge on any atom is 0.269 e. The summed E-state index contributed by atoms with van der Waals surface area (Å²) < 4.78 is 0. The maximum absolute atomic E-state index is 11.6. The number of rotatable bonds is 3. The number of nitrogens with one attached hydrogen (secondary N) is 2. The SMILES string of the molecule is CC(C)(C)c1cc(Nc2ccc3[nH]nc(C(N)=O)c3c2)nc(C(C)(C)C)n1. The van der Waals surface area contributed by atoms with E-state index in [0.717, 1.165) is 22.7 Å². The summed E-state index contributed by atoms with van der Waals surface area (Å²) in [4.78, 5) is 21.0. The number of hydrogen-bond donors (Lipinski definition) is 3. The van der Waals surface area contributed by atoms with Crippen LogP contribution in [0.25, 0.3) is 10.9 Å². The number of carbonyl (C=O) groups is 1. The molecule has 7 heteroatoms. The Kier molecular flexibility index (Phi) is 4.41. The van der Waals surface area contributed by atoms with Crippen LogP contribution in [0.1, 0.15) is 63.5 Å². The van der Waals surface area contributed by atoms with Crippen molar-refractivity contribution in [3.05, 3.63) is 41.5 Å². The summed E-state index contributed by atoms with van der Waals surface area (Å²) in [7, 11) is 0. The van der Waals surface area contributed by atoms with Crippen LogP contribution >= 0.6 is 0 Å². The molecule has 0 bridgehead atoms. The molecule has 0 fully saturated rings. The number of aromatic amines is 1. The Morgan fingerprint density at radius 2 is 1.74 bits per heavy atom. The first-order valence-corrected chi connectivity index (χ1v) is 8.90. The van der Waals surface area contributed by atoms with Gasteiger partial charge in [0.1, 0.15) is 11.6 Å². The molecule has 3 aromatic rings. The normalized spacial score (nSPS) is 12.4. The molecule has 0 radical (unpaired) electrons. The topological polar surface area (TPSA) is 110 Å². The number of H-pyrrole nitrogens is 1. The molecule has 7 nitrogen and oxygen atoms in total. The molecule has 1 aromatic carbocycles. The molecule has 0 spiro atoms. The number of aromatic nitrogens is 4. The molecular formula is C20H26N6O. The fraction of sp³-hybridized carbons (Fsp3) is 0.400. The Bertz CT molecular complexity index is 975. The van der Waals surface area contributed by atoms with Gasteiger partial charge in [-0.2, -0.15) is 5.10 Å². The summed E-state index contributed by atoms with van der Waals surface area (Å²) in [5.74, 6) is 0.924. The third kappa shape index (κ3) is 3.92. The molecule has 27 heavy (non-hydrogen) atoms. The van der Waals surface area contributed by atoms with E-state index in [-0.39, 0.29) is 16.5 Å². The average molecular weight is 366 g/mol. The average Bonchev–Trinajstić information content (AvgIpc) is 2.96. The maximum atomic E-state index is 11.6. The van der Waals surface area contributed by atoms with Crippen molar-refractivity contribution in [3.8, 4) is 0 Å². The molecule has 0 aliphatic heterocycles. The summed E-state index contributed by atoms with van der Waals surface area (Å²) in [6.45, 7) is 12.7. The second-order valence-corrected chi connectivity index (χ2v) is 8.78. The van der Waals surface area contributed by atoms with E-state index in [9.17, 15) is 4.79 Å². The molecule has 0 saturated heterocycles. The molecule has 2 heterocycles. The minimum atomic E-state index is -0.564. The molecule has 0 atom stereocenters. The summed E-state index contributed by atoms with van der Waals surface area (Å²) >= 11 is 0. The van der Waals surface area contributed by atoms with Crippen LogP contribution in [-0.2, 0) is 10.8 Å². The van der Waals surface area contributed by atoms with Crippen LogP contribution in [0.2, 0.25) is 0 Å². The molecule has 3 rings (SSSR count). The first kappa shape index (κ1) is 18.8. The second-order valence-electron chi connectivity index (χ2n) is 8.78. The smallest absolute Gasteiger partial charge is 0.269 e. The van der Waals surface area contributed by atoms with Crippen molar-refractivity contribution in [2.24, 2.45) is 5.73 Å². The molecule has 4 N–H and O–H groups in total. The van der Waals surface area contributed by atoms with Gasteiger partial charge in [0.25, 0.3) is 5.91 Å². The van der Waals surface area contributed by atoms with E-state index in [1.54, 1.807) is 0 Å². The van der Waals surface area contributed by atoms with E-state index in [1.165, 1.54) is 0 Å². The summed E-state index contributed by atoms with van der Waals surface area (Å²) in [6, 6.07) is 7.56. The van der Waals surface area contributed by atoms with Gasteiger partial charge in [-0.1, -0.05) is 41.5 Å². The summed E-state index contributed by atoms with van der Waals surface area (Å²) in [6.07, 6.45) is 0. The lowest BCUT2D eigenvalue weighted by molar-refractivity contribution is 0.0997. The van der Waals surface area contributed by atoms with Crippen molar-refractivity contribution in [2.45, 2.75) is 52.4 Å². The van der Waals surface area contributed by atoms with Crippen LogP contribution in [0, 0.1) is 0 Å². The van der Waals surface area contributed by atoms with Gasteiger partial charge in [0.05, 0.1) is 11.2 Å². The quantitative estimate of drug-likeness (QED) is 0.653. The number of nitrogens with two attached hydrogens (primary N) is 1. The van der Waals surface area contributed by atoms with Gasteiger partial charge < -0.3 is 11.1 Å². The number of carbonyl (C=O) groups excluding carboxylic acids is 1. The van der Waals surface area contributed by atoms with Crippen LogP contribution < -0.4 is 11.1 Å². The number of amides is 1. The number of anilines is 2. The highest BCUT2D eigenvalue weighted by atomic mass is 16.1. The van der Waals surface area contributed by atoms with Crippen LogP contribution in [0.3, 0.4) is 0 Å². The molecule has 0 unspecified atom stereocenters. The molecule has 0 aliphatic rings. The van der Waals surface area contributed by atoms with Crippen molar-refractivity contribution in [2.75, 3.05) is 5.32 Å². The van der Waals surface area contributed by atoms with Gasteiger partial charge in [-0.05, 0) is 18.2 Å². The second kappa shape index (κ2) is 6.33. The van der Waals surface area contributed by atoms with Gasteiger partial charge in [0.15, 0.2) is 5.69 Å².